The highest BCUT2D eigenvalue weighted by atomic mass is 35.5. The molecule has 2 aromatic rings. The van der Waals surface area contributed by atoms with Crippen LogP contribution in [0.5, 0.6) is 0 Å². The van der Waals surface area contributed by atoms with Gasteiger partial charge in [0.15, 0.2) is 5.69 Å². The van der Waals surface area contributed by atoms with Crippen LogP contribution in [0.2, 0.25) is 5.02 Å². The molecule has 1 fully saturated rings. The summed E-state index contributed by atoms with van der Waals surface area (Å²) in [5.41, 5.74) is 0.0105. The Hall–Kier alpha value is -1.96. The maximum atomic E-state index is 13.1. The fraction of sp³-hybridized carbons (Fsp3) is 0.444. The molecule has 3 rings (SSSR count). The minimum Gasteiger partial charge on any atom is -0.396 e. The number of aliphatic hydroxyl groups excluding tert-OH is 2. The summed E-state index contributed by atoms with van der Waals surface area (Å²) in [6.45, 7) is 0.205. The van der Waals surface area contributed by atoms with E-state index in [-0.39, 0.29) is 35.6 Å². The second kappa shape index (κ2) is 7.34. The van der Waals surface area contributed by atoms with E-state index in [0.717, 1.165) is 5.56 Å². The summed E-state index contributed by atoms with van der Waals surface area (Å²) in [5.74, 6) is -0.683. The number of aryl methyl sites for hydroxylation is 1. The van der Waals surface area contributed by atoms with E-state index in [0.29, 0.717) is 19.4 Å². The molecule has 1 aromatic heterocycles. The molecule has 1 saturated heterocycles. The normalized spacial score (nSPS) is 23.3. The van der Waals surface area contributed by atoms with Gasteiger partial charge in [-0.3, -0.25) is 9.48 Å². The number of aromatic nitrogens is 2. The van der Waals surface area contributed by atoms with Gasteiger partial charge in [0.1, 0.15) is 5.82 Å². The molecule has 0 spiro atoms. The zero-order chi connectivity index (χ0) is 18.9. The topological polar surface area (TPSA) is 78.6 Å². The summed E-state index contributed by atoms with van der Waals surface area (Å²) in [4.78, 5) is 14.4. The lowest BCUT2D eigenvalue weighted by atomic mass is 9.73. The SMILES string of the molecule is Cn1cc(Cl)c(C(=O)N2CC[C@H](O)[C@@](CO)(Cc3ccc(F)cc3)C2)n1. The maximum absolute atomic E-state index is 13.1. The Bertz CT molecular complexity index is 795. The van der Waals surface area contributed by atoms with Gasteiger partial charge >= 0.3 is 0 Å². The smallest absolute Gasteiger partial charge is 0.275 e. The number of hydrogen-bond donors (Lipinski definition) is 2. The number of amides is 1. The zero-order valence-electron chi connectivity index (χ0n) is 14.4. The highest BCUT2D eigenvalue weighted by Crippen LogP contribution is 2.35. The van der Waals surface area contributed by atoms with Crippen molar-refractivity contribution in [3.05, 3.63) is 52.6 Å². The molecule has 0 unspecified atom stereocenters. The number of likely N-dealkylation sites (tertiary alicyclic amines) is 1. The van der Waals surface area contributed by atoms with Gasteiger partial charge in [0.2, 0.25) is 0 Å². The maximum Gasteiger partial charge on any atom is 0.275 e. The number of carbonyl (C=O) groups excluding carboxylic acids is 1. The molecule has 2 heterocycles. The van der Waals surface area contributed by atoms with Gasteiger partial charge in [0.05, 0.1) is 17.7 Å². The van der Waals surface area contributed by atoms with Crippen LogP contribution in [0.3, 0.4) is 0 Å². The molecule has 0 bridgehead atoms. The number of halogens is 2. The molecule has 0 saturated carbocycles. The minimum atomic E-state index is -0.924. The number of benzene rings is 1. The third kappa shape index (κ3) is 3.60. The van der Waals surface area contributed by atoms with Crippen LogP contribution in [-0.2, 0) is 13.5 Å². The summed E-state index contributed by atoms with van der Waals surface area (Å²) >= 11 is 6.07. The van der Waals surface area contributed by atoms with Gasteiger partial charge in [-0.2, -0.15) is 5.10 Å². The molecule has 1 aliphatic rings. The number of nitrogens with zero attached hydrogens (tertiary/aromatic N) is 3. The van der Waals surface area contributed by atoms with E-state index in [1.165, 1.54) is 16.8 Å². The molecule has 2 N–H and O–H groups in total. The van der Waals surface area contributed by atoms with Crippen molar-refractivity contribution in [3.63, 3.8) is 0 Å². The predicted octanol–water partition coefficient (Wildman–Crippen LogP) is 1.64. The van der Waals surface area contributed by atoms with Gasteiger partial charge in [0, 0.05) is 31.7 Å². The molecule has 2 atom stereocenters. The van der Waals surface area contributed by atoms with Crippen LogP contribution in [0.4, 0.5) is 4.39 Å². The zero-order valence-corrected chi connectivity index (χ0v) is 15.2. The number of piperidine rings is 1. The van der Waals surface area contributed by atoms with Crippen molar-refractivity contribution in [2.75, 3.05) is 19.7 Å². The van der Waals surface area contributed by atoms with Crippen LogP contribution in [-0.4, -0.2) is 56.6 Å². The fourth-order valence-corrected chi connectivity index (χ4v) is 3.73. The van der Waals surface area contributed by atoms with E-state index in [1.54, 1.807) is 30.3 Å². The summed E-state index contributed by atoms with van der Waals surface area (Å²) in [7, 11) is 1.68. The molecular weight excluding hydrogens is 361 g/mol. The first-order valence-corrected chi connectivity index (χ1v) is 8.74. The Kier molecular flexibility index (Phi) is 5.32. The van der Waals surface area contributed by atoms with Crippen molar-refractivity contribution in [3.8, 4) is 0 Å². The van der Waals surface area contributed by atoms with Gasteiger partial charge in [0.25, 0.3) is 5.91 Å². The second-order valence-electron chi connectivity index (χ2n) is 6.85. The Balaban J connectivity index is 1.84. The Morgan fingerprint density at radius 2 is 2.12 bits per heavy atom. The molecular formula is C18H21ClFN3O3. The van der Waals surface area contributed by atoms with Crippen molar-refractivity contribution in [1.82, 2.24) is 14.7 Å². The van der Waals surface area contributed by atoms with Crippen LogP contribution in [0.1, 0.15) is 22.5 Å². The molecule has 6 nitrogen and oxygen atoms in total. The van der Waals surface area contributed by atoms with Gasteiger partial charge in [-0.05, 0) is 30.5 Å². The third-order valence-corrected chi connectivity index (χ3v) is 5.22. The molecule has 0 aliphatic carbocycles. The monoisotopic (exact) mass is 381 g/mol. The number of rotatable bonds is 4. The Morgan fingerprint density at radius 3 is 2.69 bits per heavy atom. The highest BCUT2D eigenvalue weighted by molar-refractivity contribution is 6.33. The number of hydrogen-bond acceptors (Lipinski definition) is 4. The van der Waals surface area contributed by atoms with E-state index in [4.69, 9.17) is 11.6 Å². The van der Waals surface area contributed by atoms with E-state index in [9.17, 15) is 19.4 Å². The average molecular weight is 382 g/mol. The predicted molar refractivity (Wildman–Crippen MR) is 94.4 cm³/mol. The van der Waals surface area contributed by atoms with Crippen molar-refractivity contribution < 1.29 is 19.4 Å². The average Bonchev–Trinajstić information content (AvgIpc) is 2.96. The minimum absolute atomic E-state index is 0.152. The second-order valence-corrected chi connectivity index (χ2v) is 7.26. The van der Waals surface area contributed by atoms with Crippen molar-refractivity contribution >= 4 is 17.5 Å². The fourth-order valence-electron chi connectivity index (χ4n) is 3.47. The van der Waals surface area contributed by atoms with E-state index >= 15 is 0 Å². The summed E-state index contributed by atoms with van der Waals surface area (Å²) < 4.78 is 14.6. The summed E-state index contributed by atoms with van der Waals surface area (Å²) in [5, 5.41) is 24.9. The van der Waals surface area contributed by atoms with Gasteiger partial charge < -0.3 is 15.1 Å². The van der Waals surface area contributed by atoms with E-state index in [1.807, 2.05) is 0 Å². The van der Waals surface area contributed by atoms with Gasteiger partial charge in [-0.1, -0.05) is 23.7 Å². The number of carbonyl (C=O) groups is 1. The first kappa shape index (κ1) is 18.8. The molecule has 1 aromatic carbocycles. The van der Waals surface area contributed by atoms with Crippen molar-refractivity contribution in [2.24, 2.45) is 12.5 Å². The lowest BCUT2D eigenvalue weighted by Crippen LogP contribution is -2.56. The first-order chi connectivity index (χ1) is 12.3. The molecule has 1 aliphatic heterocycles. The third-order valence-electron chi connectivity index (χ3n) is 4.94. The molecule has 0 radical (unpaired) electrons. The molecule has 8 heteroatoms. The molecule has 1 amide bonds. The van der Waals surface area contributed by atoms with Crippen molar-refractivity contribution in [1.29, 1.82) is 0 Å². The van der Waals surface area contributed by atoms with Crippen LogP contribution >= 0.6 is 11.6 Å². The first-order valence-electron chi connectivity index (χ1n) is 8.36. The Labute approximate surface area is 155 Å². The van der Waals surface area contributed by atoms with Gasteiger partial charge in [-0.15, -0.1) is 0 Å². The summed E-state index contributed by atoms with van der Waals surface area (Å²) in [6.07, 6.45) is 1.43. The van der Waals surface area contributed by atoms with Crippen LogP contribution < -0.4 is 0 Å². The van der Waals surface area contributed by atoms with Crippen LogP contribution in [0.25, 0.3) is 0 Å². The van der Waals surface area contributed by atoms with Gasteiger partial charge in [-0.25, -0.2) is 4.39 Å². The standard InChI is InChI=1S/C18H21ClFN3O3/c1-22-9-14(19)16(21-22)17(26)23-7-6-15(25)18(10-23,11-24)8-12-2-4-13(20)5-3-12/h2-5,9,15,24-25H,6-8,10-11H2,1H3/t15-,18-/m0/s1. The number of aliphatic hydroxyl groups is 2. The largest absolute Gasteiger partial charge is 0.396 e. The van der Waals surface area contributed by atoms with Crippen molar-refractivity contribution in [2.45, 2.75) is 18.9 Å². The van der Waals surface area contributed by atoms with E-state index < -0.39 is 11.5 Å². The molecule has 26 heavy (non-hydrogen) atoms. The lowest BCUT2D eigenvalue weighted by molar-refractivity contribution is -0.0669. The molecule has 140 valence electrons. The van der Waals surface area contributed by atoms with Crippen LogP contribution in [0.15, 0.2) is 30.5 Å². The Morgan fingerprint density at radius 1 is 1.42 bits per heavy atom. The van der Waals surface area contributed by atoms with Crippen LogP contribution in [0, 0.1) is 11.2 Å². The lowest BCUT2D eigenvalue weighted by Gasteiger charge is -2.45. The quantitative estimate of drug-likeness (QED) is 0.844. The summed E-state index contributed by atoms with van der Waals surface area (Å²) in [6, 6.07) is 5.92. The highest BCUT2D eigenvalue weighted by Gasteiger charge is 2.44. The van der Waals surface area contributed by atoms with E-state index in [2.05, 4.69) is 5.10 Å².